The molecule has 0 amide bonds. The van der Waals surface area contributed by atoms with E-state index in [0.29, 0.717) is 28.0 Å². The zero-order valence-electron chi connectivity index (χ0n) is 18.5. The summed E-state index contributed by atoms with van der Waals surface area (Å²) >= 11 is 12.4. The summed E-state index contributed by atoms with van der Waals surface area (Å²) in [6.07, 6.45) is 2.14. The molecule has 0 bridgehead atoms. The Kier molecular flexibility index (Phi) is 5.59. The van der Waals surface area contributed by atoms with Gasteiger partial charge in [0.15, 0.2) is 5.78 Å². The van der Waals surface area contributed by atoms with E-state index in [1.165, 1.54) is 0 Å². The van der Waals surface area contributed by atoms with Gasteiger partial charge in [0.25, 0.3) is 0 Å². The fourth-order valence-electron chi connectivity index (χ4n) is 4.75. The van der Waals surface area contributed by atoms with Crippen molar-refractivity contribution in [1.29, 1.82) is 0 Å². The minimum atomic E-state index is -0.287. The summed E-state index contributed by atoms with van der Waals surface area (Å²) < 4.78 is 12.9. The van der Waals surface area contributed by atoms with Gasteiger partial charge in [-0.15, -0.1) is 0 Å². The van der Waals surface area contributed by atoms with E-state index in [9.17, 15) is 4.79 Å². The summed E-state index contributed by atoms with van der Waals surface area (Å²) in [5.41, 5.74) is 5.21. The molecule has 1 aromatic heterocycles. The molecule has 3 aromatic rings. The number of ether oxygens (including phenoxy) is 2. The average molecular weight is 484 g/mol. The Labute approximate surface area is 202 Å². The van der Waals surface area contributed by atoms with Crippen molar-refractivity contribution in [3.8, 4) is 17.2 Å². The molecule has 6 nitrogen and oxygen atoms in total. The number of benzene rings is 2. The topological polar surface area (TPSA) is 65.4 Å². The standard InChI is InChI=1S/C25H23Cl2N3O3/c1-13-22-23(14-9-16(32-2)12-17(10-14)33-3)24-20(5-4-6-21(24)31)28-25(22)30(29-13)15-7-8-18(26)19(27)11-15/h7-12,23,28H,4-6H2,1-3H3. The van der Waals surface area contributed by atoms with Crippen LogP contribution in [0.2, 0.25) is 10.0 Å². The molecule has 0 saturated heterocycles. The molecule has 0 spiro atoms. The lowest BCUT2D eigenvalue weighted by Gasteiger charge is -2.33. The SMILES string of the molecule is COc1cc(OC)cc(C2C3=C(CCCC3=O)Nc3c2c(C)nn3-c2ccc(Cl)c(Cl)c2)c1. The number of carbonyl (C=O) groups is 1. The van der Waals surface area contributed by atoms with E-state index in [4.69, 9.17) is 37.8 Å². The number of hydrogen-bond acceptors (Lipinski definition) is 5. The first kappa shape index (κ1) is 21.9. The second-order valence-corrected chi connectivity index (χ2v) is 9.05. The van der Waals surface area contributed by atoms with Gasteiger partial charge in [0.1, 0.15) is 17.3 Å². The van der Waals surface area contributed by atoms with Crippen LogP contribution in [0.1, 0.15) is 42.0 Å². The fourth-order valence-corrected chi connectivity index (χ4v) is 5.05. The molecule has 2 aromatic carbocycles. The van der Waals surface area contributed by atoms with Gasteiger partial charge in [0, 0.05) is 35.2 Å². The second-order valence-electron chi connectivity index (χ2n) is 8.23. The maximum atomic E-state index is 13.2. The Morgan fingerprint density at radius 1 is 1.03 bits per heavy atom. The lowest BCUT2D eigenvalue weighted by molar-refractivity contribution is -0.116. The van der Waals surface area contributed by atoms with E-state index in [-0.39, 0.29) is 11.7 Å². The van der Waals surface area contributed by atoms with Crippen molar-refractivity contribution in [2.75, 3.05) is 19.5 Å². The van der Waals surface area contributed by atoms with Crippen LogP contribution in [0.5, 0.6) is 11.5 Å². The summed E-state index contributed by atoms with van der Waals surface area (Å²) in [6.45, 7) is 1.96. The molecule has 2 aliphatic rings. The highest BCUT2D eigenvalue weighted by Crippen LogP contribution is 2.48. The van der Waals surface area contributed by atoms with Crippen LogP contribution < -0.4 is 14.8 Å². The third-order valence-electron chi connectivity index (χ3n) is 6.26. The summed E-state index contributed by atoms with van der Waals surface area (Å²) in [5.74, 6) is 2.03. The number of allylic oxidation sites excluding steroid dienone is 2. The van der Waals surface area contributed by atoms with Gasteiger partial charge >= 0.3 is 0 Å². The highest BCUT2D eigenvalue weighted by Gasteiger charge is 2.39. The molecule has 1 atom stereocenters. The van der Waals surface area contributed by atoms with Gasteiger partial charge in [0.2, 0.25) is 0 Å². The number of nitrogens with zero attached hydrogens (tertiary/aromatic N) is 2. The number of rotatable bonds is 4. The zero-order chi connectivity index (χ0) is 23.3. The van der Waals surface area contributed by atoms with Crippen molar-refractivity contribution in [3.05, 3.63) is 74.5 Å². The summed E-state index contributed by atoms with van der Waals surface area (Å²) in [5, 5.41) is 9.29. The van der Waals surface area contributed by atoms with Crippen LogP contribution in [-0.4, -0.2) is 29.8 Å². The van der Waals surface area contributed by atoms with Crippen molar-refractivity contribution in [1.82, 2.24) is 9.78 Å². The Morgan fingerprint density at radius 3 is 2.42 bits per heavy atom. The molecular weight excluding hydrogens is 461 g/mol. The van der Waals surface area contributed by atoms with Gasteiger partial charge < -0.3 is 14.8 Å². The Morgan fingerprint density at radius 2 is 1.76 bits per heavy atom. The monoisotopic (exact) mass is 483 g/mol. The smallest absolute Gasteiger partial charge is 0.161 e. The van der Waals surface area contributed by atoms with E-state index >= 15 is 0 Å². The lowest BCUT2D eigenvalue weighted by Crippen LogP contribution is -2.27. The summed E-state index contributed by atoms with van der Waals surface area (Å²) in [6, 6.07) is 11.2. The molecule has 0 fully saturated rings. The molecule has 0 saturated carbocycles. The number of anilines is 1. The van der Waals surface area contributed by atoms with Crippen LogP contribution in [0, 0.1) is 6.92 Å². The number of halogens is 2. The van der Waals surface area contributed by atoms with Crippen molar-refractivity contribution >= 4 is 34.8 Å². The fraction of sp³-hybridized carbons (Fsp3) is 0.280. The maximum absolute atomic E-state index is 13.2. The number of aromatic nitrogens is 2. The zero-order valence-corrected chi connectivity index (χ0v) is 20.0. The van der Waals surface area contributed by atoms with Gasteiger partial charge in [-0.1, -0.05) is 23.2 Å². The van der Waals surface area contributed by atoms with E-state index in [1.54, 1.807) is 26.4 Å². The number of nitrogens with one attached hydrogen (secondary N) is 1. The number of carbonyl (C=O) groups excluding carboxylic acids is 1. The van der Waals surface area contributed by atoms with Crippen LogP contribution in [0.3, 0.4) is 0 Å². The number of aryl methyl sites for hydroxylation is 1. The Bertz CT molecular complexity index is 1290. The third-order valence-corrected chi connectivity index (χ3v) is 7.00. The predicted octanol–water partition coefficient (Wildman–Crippen LogP) is 6.07. The number of methoxy groups -OCH3 is 2. The van der Waals surface area contributed by atoms with E-state index in [0.717, 1.165) is 52.4 Å². The molecule has 1 unspecified atom stereocenters. The Balaban J connectivity index is 1.76. The van der Waals surface area contributed by atoms with E-state index < -0.39 is 0 Å². The highest BCUT2D eigenvalue weighted by molar-refractivity contribution is 6.42. The molecule has 2 heterocycles. The van der Waals surface area contributed by atoms with Crippen LogP contribution in [0.4, 0.5) is 5.82 Å². The van der Waals surface area contributed by atoms with Gasteiger partial charge in [-0.25, -0.2) is 4.68 Å². The second kappa shape index (κ2) is 8.43. The van der Waals surface area contributed by atoms with Crippen LogP contribution in [-0.2, 0) is 4.79 Å². The van der Waals surface area contributed by atoms with Crippen LogP contribution >= 0.6 is 23.2 Å². The molecule has 8 heteroatoms. The van der Waals surface area contributed by atoms with Crippen molar-refractivity contribution in [3.63, 3.8) is 0 Å². The molecule has 170 valence electrons. The van der Waals surface area contributed by atoms with Crippen LogP contribution in [0.15, 0.2) is 47.7 Å². The molecule has 33 heavy (non-hydrogen) atoms. The van der Waals surface area contributed by atoms with E-state index in [1.807, 2.05) is 35.9 Å². The number of hydrogen-bond donors (Lipinski definition) is 1. The first-order valence-electron chi connectivity index (χ1n) is 10.7. The lowest BCUT2D eigenvalue weighted by atomic mass is 9.76. The molecule has 1 N–H and O–H groups in total. The average Bonchev–Trinajstić information content (AvgIpc) is 3.15. The van der Waals surface area contributed by atoms with Gasteiger partial charge in [0.05, 0.1) is 35.6 Å². The number of ketones is 1. The minimum Gasteiger partial charge on any atom is -0.497 e. The van der Waals surface area contributed by atoms with Crippen molar-refractivity contribution in [2.24, 2.45) is 0 Å². The van der Waals surface area contributed by atoms with Crippen molar-refractivity contribution in [2.45, 2.75) is 32.1 Å². The molecule has 1 aliphatic carbocycles. The van der Waals surface area contributed by atoms with E-state index in [2.05, 4.69) is 5.32 Å². The summed E-state index contributed by atoms with van der Waals surface area (Å²) in [7, 11) is 3.24. The third kappa shape index (κ3) is 3.67. The molecule has 5 rings (SSSR count). The van der Waals surface area contributed by atoms with Gasteiger partial charge in [-0.3, -0.25) is 4.79 Å². The quantitative estimate of drug-likeness (QED) is 0.487. The maximum Gasteiger partial charge on any atom is 0.161 e. The first-order chi connectivity index (χ1) is 15.9. The molecule has 0 radical (unpaired) electrons. The number of Topliss-reactive ketones (excluding diaryl/α,β-unsaturated/α-hetero) is 1. The first-order valence-corrected chi connectivity index (χ1v) is 11.5. The largest absolute Gasteiger partial charge is 0.497 e. The number of fused-ring (bicyclic) bond motifs is 1. The van der Waals surface area contributed by atoms with Gasteiger partial charge in [-0.2, -0.15) is 5.10 Å². The Hall–Kier alpha value is -2.96. The predicted molar refractivity (Wildman–Crippen MR) is 129 cm³/mol. The molecular formula is C25H23Cl2N3O3. The molecule has 1 aliphatic heterocycles. The normalized spacial score (nSPS) is 17.4. The minimum absolute atomic E-state index is 0.155. The highest BCUT2D eigenvalue weighted by atomic mass is 35.5. The van der Waals surface area contributed by atoms with Gasteiger partial charge in [-0.05, 0) is 55.7 Å². The van der Waals surface area contributed by atoms with Crippen molar-refractivity contribution < 1.29 is 14.3 Å². The summed E-state index contributed by atoms with van der Waals surface area (Å²) in [4.78, 5) is 13.2. The van der Waals surface area contributed by atoms with Crippen LogP contribution in [0.25, 0.3) is 5.69 Å².